The molecule has 6 rings (SSSR count). The van der Waals surface area contributed by atoms with Crippen molar-refractivity contribution in [2.24, 2.45) is 0 Å². The van der Waals surface area contributed by atoms with Crippen LogP contribution < -0.4 is 30.5 Å². The maximum absolute atomic E-state index is 13.8. The Morgan fingerprint density at radius 3 is 2.45 bits per heavy atom. The molecule has 3 saturated heterocycles. The highest BCUT2D eigenvalue weighted by Crippen LogP contribution is 2.43. The van der Waals surface area contributed by atoms with Crippen LogP contribution in [0, 0.1) is 11.3 Å². The zero-order valence-corrected chi connectivity index (χ0v) is 33.7. The van der Waals surface area contributed by atoms with Gasteiger partial charge in [0.15, 0.2) is 5.50 Å². The molecule has 14 nitrogen and oxygen atoms in total. The van der Waals surface area contributed by atoms with E-state index in [-0.39, 0.29) is 30.5 Å². The predicted octanol–water partition coefficient (Wildman–Crippen LogP) is 4.89. The lowest BCUT2D eigenvalue weighted by Crippen LogP contribution is -2.49. The van der Waals surface area contributed by atoms with Gasteiger partial charge in [0.05, 0.1) is 35.6 Å². The fourth-order valence-electron chi connectivity index (χ4n) is 7.25. The third-order valence-electron chi connectivity index (χ3n) is 10.3. The number of imide groups is 1. The monoisotopic (exact) mass is 841 g/mol. The molecule has 0 aliphatic carbocycles. The minimum Gasteiger partial charge on any atom is -0.476 e. The fraction of sp³-hybridized carbons (Fsp3) is 0.436. The van der Waals surface area contributed by atoms with Gasteiger partial charge in [-0.05, 0) is 69.2 Å². The summed E-state index contributed by atoms with van der Waals surface area (Å²) >= 11 is 11.0. The summed E-state index contributed by atoms with van der Waals surface area (Å²) in [7, 11) is 0. The normalized spacial score (nSPS) is 20.2. The number of alkyl halides is 3. The second kappa shape index (κ2) is 17.4. The van der Waals surface area contributed by atoms with Crippen LogP contribution in [0.1, 0.15) is 50.3 Å². The van der Waals surface area contributed by atoms with Gasteiger partial charge in [0.1, 0.15) is 18.2 Å². The number of ether oxygens (including phenoxy) is 1. The van der Waals surface area contributed by atoms with Crippen LogP contribution in [0.25, 0.3) is 0 Å². The summed E-state index contributed by atoms with van der Waals surface area (Å²) < 4.78 is 47.4. The number of halogens is 4. The number of piperazine rings is 1. The topological polar surface area (TPSA) is 163 Å². The quantitative estimate of drug-likeness (QED) is 0.145. The Kier molecular flexibility index (Phi) is 12.8. The molecule has 0 saturated carbocycles. The third-order valence-corrected chi connectivity index (χ3v) is 11.0. The molecule has 19 heteroatoms. The standard InChI is InChI=1S/C39H43ClF3N9O5S/c1-4-23-15-29(52-37(58)51(36(56)38(52,2)3)28-6-5-24(20-44)30(19-28)39(41,42)43)21-45-35(23)57-14-13-49-9-11-50(12-10-49)22-33(54)47-27-17-25(40)16-26(18-27)46-31-7-8-32(53)48-34(31)55/h5-6,15-19,21,31,37,46,58H,4,7-14,22H2,1-3H3,(H,47,54)(H,48,53,55). The van der Waals surface area contributed by atoms with Gasteiger partial charge >= 0.3 is 6.18 Å². The number of aromatic nitrogens is 1. The number of rotatable bonds is 12. The molecule has 3 aliphatic rings. The average Bonchev–Trinajstić information content (AvgIpc) is 3.34. The maximum atomic E-state index is 13.8. The van der Waals surface area contributed by atoms with E-state index in [9.17, 15) is 37.6 Å². The molecule has 1 aromatic heterocycles. The average molecular weight is 842 g/mol. The van der Waals surface area contributed by atoms with Gasteiger partial charge in [0, 0.05) is 66.8 Å². The number of carbonyl (C=O) groups excluding carboxylic acids is 4. The largest absolute Gasteiger partial charge is 0.476 e. The molecule has 2 aromatic carbocycles. The lowest BCUT2D eigenvalue weighted by molar-refractivity contribution is -0.138. The molecule has 0 spiro atoms. The van der Waals surface area contributed by atoms with Gasteiger partial charge < -0.3 is 20.3 Å². The molecule has 3 fully saturated rings. The number of piperidine rings is 1. The lowest BCUT2D eigenvalue weighted by Gasteiger charge is -2.34. The molecular weight excluding hydrogens is 799 g/mol. The van der Waals surface area contributed by atoms with E-state index in [1.54, 1.807) is 49.2 Å². The Morgan fingerprint density at radius 2 is 1.78 bits per heavy atom. The van der Waals surface area contributed by atoms with Crippen molar-refractivity contribution in [2.45, 2.75) is 63.3 Å². The van der Waals surface area contributed by atoms with E-state index in [0.29, 0.717) is 80.1 Å². The molecule has 3 N–H and O–H groups in total. The second-order valence-corrected chi connectivity index (χ2v) is 15.6. The smallest absolute Gasteiger partial charge is 0.417 e. The van der Waals surface area contributed by atoms with E-state index in [1.165, 1.54) is 11.0 Å². The lowest BCUT2D eigenvalue weighted by atomic mass is 10.0. The van der Waals surface area contributed by atoms with Crippen molar-refractivity contribution in [3.8, 4) is 11.9 Å². The summed E-state index contributed by atoms with van der Waals surface area (Å²) in [5, 5.41) is 17.9. The molecule has 3 aliphatic heterocycles. The maximum Gasteiger partial charge on any atom is 0.417 e. The number of hydrogen-bond acceptors (Lipinski definition) is 12. The second-order valence-electron chi connectivity index (χ2n) is 14.7. The molecule has 3 aromatic rings. The van der Waals surface area contributed by atoms with Gasteiger partial charge in [-0.15, -0.1) is 12.6 Å². The summed E-state index contributed by atoms with van der Waals surface area (Å²) in [6.07, 6.45) is -2.10. The number of carbonyl (C=O) groups is 4. The Morgan fingerprint density at radius 1 is 1.07 bits per heavy atom. The Labute approximate surface area is 344 Å². The van der Waals surface area contributed by atoms with Crippen molar-refractivity contribution in [1.82, 2.24) is 20.1 Å². The number of hydrogen-bond donors (Lipinski definition) is 4. The van der Waals surface area contributed by atoms with Crippen LogP contribution in [0.3, 0.4) is 0 Å². The molecule has 2 atom stereocenters. The first-order valence-electron chi connectivity index (χ1n) is 18.7. The van der Waals surface area contributed by atoms with Gasteiger partial charge in [-0.1, -0.05) is 18.5 Å². The molecular formula is C39H43ClF3N9O5S. The Hall–Kier alpha value is -5.09. The first-order valence-corrected chi connectivity index (χ1v) is 19.6. The number of anilines is 4. The number of aryl methyl sites for hydroxylation is 1. The van der Waals surface area contributed by atoms with E-state index in [2.05, 4.69) is 38.5 Å². The van der Waals surface area contributed by atoms with E-state index in [1.807, 2.05) is 17.9 Å². The fourth-order valence-corrected chi connectivity index (χ4v) is 8.15. The molecule has 0 radical (unpaired) electrons. The summed E-state index contributed by atoms with van der Waals surface area (Å²) in [6, 6.07) is 10.9. The van der Waals surface area contributed by atoms with Gasteiger partial charge in [-0.2, -0.15) is 18.4 Å². The van der Waals surface area contributed by atoms with E-state index in [0.717, 1.165) is 17.7 Å². The summed E-state index contributed by atoms with van der Waals surface area (Å²) in [4.78, 5) is 62.0. The molecule has 4 amide bonds. The van der Waals surface area contributed by atoms with Crippen LogP contribution in [-0.2, 0) is 31.8 Å². The number of amides is 4. The highest BCUT2D eigenvalue weighted by atomic mass is 35.5. The number of nitrogens with zero attached hydrogens (tertiary/aromatic N) is 6. The van der Waals surface area contributed by atoms with E-state index < -0.39 is 46.2 Å². The van der Waals surface area contributed by atoms with Crippen molar-refractivity contribution in [1.29, 1.82) is 5.26 Å². The van der Waals surface area contributed by atoms with E-state index >= 15 is 0 Å². The summed E-state index contributed by atoms with van der Waals surface area (Å²) in [5.74, 6) is -0.976. The van der Waals surface area contributed by atoms with Crippen molar-refractivity contribution in [3.05, 3.63) is 70.4 Å². The van der Waals surface area contributed by atoms with Gasteiger partial charge in [-0.3, -0.25) is 39.2 Å². The van der Waals surface area contributed by atoms with Crippen LogP contribution in [0.2, 0.25) is 5.02 Å². The van der Waals surface area contributed by atoms with Crippen LogP contribution in [0.15, 0.2) is 48.7 Å². The molecule has 4 heterocycles. The predicted molar refractivity (Wildman–Crippen MR) is 215 cm³/mol. The van der Waals surface area contributed by atoms with Crippen LogP contribution in [0.4, 0.5) is 35.9 Å². The summed E-state index contributed by atoms with van der Waals surface area (Å²) in [5.41, 5.74) is -1.55. The Balaban J connectivity index is 0.999. The molecule has 2 unspecified atom stereocenters. The van der Waals surface area contributed by atoms with E-state index in [4.69, 9.17) is 16.3 Å². The number of nitrogens with one attached hydrogen (secondary N) is 3. The number of pyridine rings is 1. The number of nitriles is 1. The number of benzene rings is 2. The van der Waals surface area contributed by atoms with Crippen molar-refractivity contribution in [2.75, 3.05) is 66.3 Å². The van der Waals surface area contributed by atoms with Crippen LogP contribution in [0.5, 0.6) is 5.88 Å². The Bertz CT molecular complexity index is 2130. The van der Waals surface area contributed by atoms with Gasteiger partial charge in [0.25, 0.3) is 5.91 Å². The number of thiol groups is 1. The first-order chi connectivity index (χ1) is 27.5. The zero-order chi connectivity index (χ0) is 41.9. The zero-order valence-electron chi connectivity index (χ0n) is 32.0. The molecule has 0 bridgehead atoms. The molecule has 58 heavy (non-hydrogen) atoms. The van der Waals surface area contributed by atoms with Crippen LogP contribution >= 0.6 is 24.2 Å². The van der Waals surface area contributed by atoms with Gasteiger partial charge in [-0.25, -0.2) is 4.98 Å². The van der Waals surface area contributed by atoms with Crippen molar-refractivity contribution >= 4 is 70.6 Å². The molecule has 308 valence electrons. The van der Waals surface area contributed by atoms with Crippen molar-refractivity contribution in [3.63, 3.8) is 0 Å². The summed E-state index contributed by atoms with van der Waals surface area (Å²) in [6.45, 7) is 9.14. The van der Waals surface area contributed by atoms with Gasteiger partial charge in [0.2, 0.25) is 23.6 Å². The highest BCUT2D eigenvalue weighted by molar-refractivity contribution is 7.81. The SMILES string of the molecule is CCc1cc(N2C(S)N(c3ccc(C#N)c(C(F)(F)F)c3)C(=O)C2(C)C)cnc1OCCN1CCN(CC(=O)Nc2cc(Cl)cc(NC3CCC(=O)NC3=O)c2)CC1. The van der Waals surface area contributed by atoms with Crippen molar-refractivity contribution < 1.29 is 37.1 Å². The minimum absolute atomic E-state index is 0.0335. The first kappa shape index (κ1) is 42.5. The third kappa shape index (κ3) is 9.44. The highest BCUT2D eigenvalue weighted by Gasteiger charge is 2.52. The van der Waals surface area contributed by atoms with Crippen LogP contribution in [-0.4, -0.2) is 101 Å². The minimum atomic E-state index is -4.79.